The van der Waals surface area contributed by atoms with Crippen molar-refractivity contribution in [2.45, 2.75) is 58.4 Å². The van der Waals surface area contributed by atoms with Crippen LogP contribution in [0, 0.1) is 6.92 Å². The molecule has 0 bridgehead atoms. The van der Waals surface area contributed by atoms with Gasteiger partial charge in [0, 0.05) is 43.9 Å². The van der Waals surface area contributed by atoms with Gasteiger partial charge in [-0.1, -0.05) is 6.92 Å². The van der Waals surface area contributed by atoms with E-state index in [1.54, 1.807) is 16.3 Å². The lowest BCUT2D eigenvalue weighted by atomic mass is 9.99. The van der Waals surface area contributed by atoms with E-state index in [1.165, 1.54) is 12.8 Å². The topological polar surface area (TPSA) is 122 Å². The van der Waals surface area contributed by atoms with Gasteiger partial charge >= 0.3 is 0 Å². The predicted octanol–water partition coefficient (Wildman–Crippen LogP) is 2.74. The Kier molecular flexibility index (Phi) is 5.69. The lowest BCUT2D eigenvalue weighted by Crippen LogP contribution is -2.39. The highest BCUT2D eigenvalue weighted by molar-refractivity contribution is 6.01. The van der Waals surface area contributed by atoms with Gasteiger partial charge in [0.1, 0.15) is 5.82 Å². The van der Waals surface area contributed by atoms with Gasteiger partial charge in [0.05, 0.1) is 11.7 Å². The maximum atomic E-state index is 13.4. The third-order valence-corrected chi connectivity index (χ3v) is 6.40. The molecule has 0 saturated carbocycles. The summed E-state index contributed by atoms with van der Waals surface area (Å²) in [4.78, 5) is 34.1. The quantitative estimate of drug-likeness (QED) is 0.627. The fourth-order valence-corrected chi connectivity index (χ4v) is 4.68. The zero-order chi connectivity index (χ0) is 22.9. The molecule has 2 aliphatic heterocycles. The number of fused-ring (bicyclic) bond motifs is 1. The van der Waals surface area contributed by atoms with Crippen LogP contribution in [0.15, 0.2) is 16.9 Å². The number of aromatic nitrogens is 5. The molecule has 1 atom stereocenters. The van der Waals surface area contributed by atoms with Gasteiger partial charge in [-0.15, -0.1) is 0 Å². The van der Waals surface area contributed by atoms with Crippen molar-refractivity contribution in [1.29, 1.82) is 0 Å². The van der Waals surface area contributed by atoms with Gasteiger partial charge < -0.3 is 15.1 Å². The van der Waals surface area contributed by atoms with Crippen LogP contribution in [0.4, 0.5) is 11.6 Å². The molecule has 5 heterocycles. The number of hydrogen-bond donors (Lipinski definition) is 1. The van der Waals surface area contributed by atoms with Crippen LogP contribution in [0.1, 0.15) is 73.2 Å². The summed E-state index contributed by atoms with van der Waals surface area (Å²) >= 11 is 0. The highest BCUT2D eigenvalue weighted by Crippen LogP contribution is 2.33. The lowest BCUT2D eigenvalue weighted by molar-refractivity contribution is -0.115. The molecule has 11 nitrogen and oxygen atoms in total. The maximum absolute atomic E-state index is 13.4. The standard InChI is InChI=1S/C22H28N8O3/c1-3-18(31)24-20-19(26-33-27-20)22(32)29-11-5-4-8-16(29)15-12-17-23-21(28-9-6-7-10-28)14(2)13-30(17)25-15/h12-13,16H,3-11H2,1-2H3,(H,24,27,31)/t16-/m0/s1. The number of anilines is 2. The van der Waals surface area contributed by atoms with Crippen LogP contribution in [0.2, 0.25) is 0 Å². The first-order valence-electron chi connectivity index (χ1n) is 11.6. The Morgan fingerprint density at radius 3 is 2.73 bits per heavy atom. The second-order valence-electron chi connectivity index (χ2n) is 8.69. The van der Waals surface area contributed by atoms with Crippen molar-refractivity contribution in [2.75, 3.05) is 29.9 Å². The van der Waals surface area contributed by atoms with E-state index < -0.39 is 0 Å². The predicted molar refractivity (Wildman–Crippen MR) is 120 cm³/mol. The highest BCUT2D eigenvalue weighted by Gasteiger charge is 2.34. The first-order valence-corrected chi connectivity index (χ1v) is 11.6. The van der Waals surface area contributed by atoms with E-state index in [0.29, 0.717) is 6.54 Å². The Morgan fingerprint density at radius 1 is 1.15 bits per heavy atom. The fraction of sp³-hybridized carbons (Fsp3) is 0.545. The number of nitrogens with zero attached hydrogens (tertiary/aromatic N) is 7. The molecule has 3 aromatic heterocycles. The average molecular weight is 453 g/mol. The normalized spacial score (nSPS) is 18.8. The van der Waals surface area contributed by atoms with Crippen LogP contribution < -0.4 is 10.2 Å². The fourth-order valence-electron chi connectivity index (χ4n) is 4.68. The van der Waals surface area contributed by atoms with Crippen molar-refractivity contribution in [1.82, 2.24) is 29.8 Å². The first-order chi connectivity index (χ1) is 16.0. The Bertz CT molecular complexity index is 1180. The molecule has 0 radical (unpaired) electrons. The van der Waals surface area contributed by atoms with Crippen LogP contribution in [0.25, 0.3) is 5.65 Å². The van der Waals surface area contributed by atoms with Crippen molar-refractivity contribution in [2.24, 2.45) is 0 Å². The summed E-state index contributed by atoms with van der Waals surface area (Å²) in [6, 6.07) is 1.76. The van der Waals surface area contributed by atoms with Gasteiger partial charge in [0.25, 0.3) is 5.91 Å². The van der Waals surface area contributed by atoms with Gasteiger partial charge in [0.2, 0.25) is 17.4 Å². The number of aryl methyl sites for hydroxylation is 1. The number of piperidine rings is 1. The molecule has 0 aliphatic carbocycles. The number of likely N-dealkylation sites (tertiary alicyclic amines) is 1. The van der Waals surface area contributed by atoms with E-state index in [2.05, 4.69) is 27.5 Å². The summed E-state index contributed by atoms with van der Waals surface area (Å²) in [5, 5.41) is 14.9. The largest absolute Gasteiger partial charge is 0.356 e. The third-order valence-electron chi connectivity index (χ3n) is 6.40. The Hall–Kier alpha value is -3.50. The summed E-state index contributed by atoms with van der Waals surface area (Å²) in [6.07, 6.45) is 7.31. The average Bonchev–Trinajstić information content (AvgIpc) is 3.58. The smallest absolute Gasteiger partial charge is 0.280 e. The molecule has 33 heavy (non-hydrogen) atoms. The molecule has 0 aromatic carbocycles. The summed E-state index contributed by atoms with van der Waals surface area (Å²) in [5.74, 6) is 0.476. The number of carbonyl (C=O) groups is 2. The molecule has 2 aliphatic rings. The first kappa shape index (κ1) is 21.4. The van der Waals surface area contributed by atoms with E-state index >= 15 is 0 Å². The maximum Gasteiger partial charge on any atom is 0.280 e. The molecule has 2 fully saturated rings. The van der Waals surface area contributed by atoms with Gasteiger partial charge in [-0.3, -0.25) is 9.59 Å². The van der Waals surface area contributed by atoms with Crippen LogP contribution in [0.3, 0.4) is 0 Å². The third kappa shape index (κ3) is 4.03. The molecule has 2 amide bonds. The molecule has 5 rings (SSSR count). The van der Waals surface area contributed by atoms with E-state index in [0.717, 1.165) is 55.1 Å². The van der Waals surface area contributed by atoms with Gasteiger partial charge in [0.15, 0.2) is 5.65 Å². The van der Waals surface area contributed by atoms with Crippen molar-refractivity contribution >= 4 is 29.1 Å². The minimum Gasteiger partial charge on any atom is -0.356 e. The SMILES string of the molecule is CCC(=O)Nc1nonc1C(=O)N1CCCC[C@H]1c1cc2nc(N3CCCC3)c(C)cn2n1. The molecule has 0 spiro atoms. The van der Waals surface area contributed by atoms with E-state index in [1.807, 2.05) is 12.3 Å². The molecule has 1 N–H and O–H groups in total. The lowest BCUT2D eigenvalue weighted by Gasteiger charge is -2.34. The molecule has 174 valence electrons. The van der Waals surface area contributed by atoms with Crippen molar-refractivity contribution in [3.8, 4) is 0 Å². The monoisotopic (exact) mass is 452 g/mol. The van der Waals surface area contributed by atoms with E-state index in [-0.39, 0.29) is 35.8 Å². The minimum atomic E-state index is -0.327. The zero-order valence-electron chi connectivity index (χ0n) is 19.0. The van der Waals surface area contributed by atoms with E-state index in [4.69, 9.17) is 14.7 Å². The summed E-state index contributed by atoms with van der Waals surface area (Å²) in [5.41, 5.74) is 2.66. The number of hydrogen-bond acceptors (Lipinski definition) is 8. The van der Waals surface area contributed by atoms with Gasteiger partial charge in [-0.05, 0) is 49.3 Å². The molecule has 11 heteroatoms. The molecule has 0 unspecified atom stereocenters. The Labute approximate surface area is 191 Å². The van der Waals surface area contributed by atoms with Crippen LogP contribution in [0.5, 0.6) is 0 Å². The van der Waals surface area contributed by atoms with E-state index in [9.17, 15) is 9.59 Å². The summed E-state index contributed by atoms with van der Waals surface area (Å²) < 4.78 is 6.57. The number of nitrogens with one attached hydrogen (secondary N) is 1. The highest BCUT2D eigenvalue weighted by atomic mass is 16.6. The van der Waals surface area contributed by atoms with Gasteiger partial charge in [-0.2, -0.15) is 5.10 Å². The zero-order valence-corrected chi connectivity index (χ0v) is 19.0. The number of amides is 2. The van der Waals surface area contributed by atoms with Crippen LogP contribution in [-0.4, -0.2) is 61.3 Å². The minimum absolute atomic E-state index is 0.0118. The molecular weight excluding hydrogens is 424 g/mol. The summed E-state index contributed by atoms with van der Waals surface area (Å²) in [6.45, 7) is 6.40. The molecular formula is C22H28N8O3. The molecule has 3 aromatic rings. The summed E-state index contributed by atoms with van der Waals surface area (Å²) in [7, 11) is 0. The van der Waals surface area contributed by atoms with Crippen molar-refractivity contribution in [3.63, 3.8) is 0 Å². The number of rotatable bonds is 5. The van der Waals surface area contributed by atoms with Crippen molar-refractivity contribution in [3.05, 3.63) is 29.2 Å². The van der Waals surface area contributed by atoms with Gasteiger partial charge in [-0.25, -0.2) is 14.1 Å². The van der Waals surface area contributed by atoms with Crippen LogP contribution in [-0.2, 0) is 4.79 Å². The molecule has 2 saturated heterocycles. The second kappa shape index (κ2) is 8.80. The van der Waals surface area contributed by atoms with Crippen LogP contribution >= 0.6 is 0 Å². The Balaban J connectivity index is 1.44. The second-order valence-corrected chi connectivity index (χ2v) is 8.69. The Morgan fingerprint density at radius 2 is 1.94 bits per heavy atom. The number of carbonyl (C=O) groups excluding carboxylic acids is 2. The van der Waals surface area contributed by atoms with Crippen molar-refractivity contribution < 1.29 is 14.2 Å².